The standard InChI is InChI=1S/C16H30O8/c1-6-21-16-13(18)15(20-5)14(9(3)23-16)24-11-7-10(19-4)12(17)8(2)22-11/h8-18H,6-7H2,1-5H3. The molecule has 2 fully saturated rings. The van der Waals surface area contributed by atoms with E-state index in [4.69, 9.17) is 28.4 Å². The maximum Gasteiger partial charge on any atom is 0.186 e. The van der Waals surface area contributed by atoms with Crippen LogP contribution >= 0.6 is 0 Å². The van der Waals surface area contributed by atoms with Gasteiger partial charge in [-0.3, -0.25) is 0 Å². The van der Waals surface area contributed by atoms with Crippen molar-refractivity contribution in [1.82, 2.24) is 0 Å². The molecule has 0 aliphatic carbocycles. The molecule has 24 heavy (non-hydrogen) atoms. The zero-order chi connectivity index (χ0) is 17.9. The molecule has 2 saturated heterocycles. The van der Waals surface area contributed by atoms with Crippen molar-refractivity contribution >= 4 is 0 Å². The summed E-state index contributed by atoms with van der Waals surface area (Å²) in [6.45, 7) is 5.86. The molecule has 0 aromatic rings. The van der Waals surface area contributed by atoms with E-state index in [0.29, 0.717) is 13.0 Å². The Morgan fingerprint density at radius 3 is 2.25 bits per heavy atom. The highest BCUT2D eigenvalue weighted by molar-refractivity contribution is 4.91. The smallest absolute Gasteiger partial charge is 0.186 e. The predicted octanol–water partition coefficient (Wildman–Crippen LogP) is 0.0396. The van der Waals surface area contributed by atoms with Gasteiger partial charge in [-0.25, -0.2) is 0 Å². The number of ether oxygens (including phenoxy) is 6. The zero-order valence-corrected chi connectivity index (χ0v) is 15.0. The third kappa shape index (κ3) is 4.25. The fraction of sp³-hybridized carbons (Fsp3) is 1.00. The topological polar surface area (TPSA) is 95.8 Å². The van der Waals surface area contributed by atoms with Crippen molar-refractivity contribution in [2.75, 3.05) is 20.8 Å². The fourth-order valence-electron chi connectivity index (χ4n) is 3.25. The van der Waals surface area contributed by atoms with E-state index in [-0.39, 0.29) is 12.2 Å². The lowest BCUT2D eigenvalue weighted by atomic mass is 9.98. The van der Waals surface area contributed by atoms with Crippen LogP contribution in [-0.4, -0.2) is 86.3 Å². The highest BCUT2D eigenvalue weighted by Crippen LogP contribution is 2.30. The van der Waals surface area contributed by atoms with Crippen LogP contribution in [0.5, 0.6) is 0 Å². The lowest BCUT2D eigenvalue weighted by molar-refractivity contribution is -0.337. The maximum atomic E-state index is 10.4. The van der Waals surface area contributed by atoms with Gasteiger partial charge in [-0.15, -0.1) is 0 Å². The molecule has 0 bridgehead atoms. The summed E-state index contributed by atoms with van der Waals surface area (Å²) in [6, 6.07) is 0. The first kappa shape index (κ1) is 20.0. The molecule has 9 atom stereocenters. The van der Waals surface area contributed by atoms with Crippen LogP contribution in [-0.2, 0) is 28.4 Å². The van der Waals surface area contributed by atoms with E-state index in [1.165, 1.54) is 7.11 Å². The van der Waals surface area contributed by atoms with Crippen LogP contribution in [0.1, 0.15) is 27.2 Å². The van der Waals surface area contributed by atoms with E-state index in [9.17, 15) is 10.2 Å². The number of hydrogen-bond acceptors (Lipinski definition) is 8. The Labute approximate surface area is 142 Å². The van der Waals surface area contributed by atoms with Crippen LogP contribution in [0.3, 0.4) is 0 Å². The summed E-state index contributed by atoms with van der Waals surface area (Å²) >= 11 is 0. The monoisotopic (exact) mass is 350 g/mol. The molecule has 9 unspecified atom stereocenters. The molecular weight excluding hydrogens is 320 g/mol. The van der Waals surface area contributed by atoms with Crippen LogP contribution in [0.4, 0.5) is 0 Å². The largest absolute Gasteiger partial charge is 0.388 e. The molecule has 0 aromatic heterocycles. The van der Waals surface area contributed by atoms with Gasteiger partial charge in [-0.1, -0.05) is 0 Å². The minimum absolute atomic E-state index is 0.360. The Kier molecular flexibility index (Phi) is 7.39. The molecule has 2 heterocycles. The molecule has 0 radical (unpaired) electrons. The third-order valence-electron chi connectivity index (χ3n) is 4.62. The second-order valence-electron chi connectivity index (χ2n) is 6.23. The van der Waals surface area contributed by atoms with Crippen LogP contribution in [0, 0.1) is 0 Å². The summed E-state index contributed by atoms with van der Waals surface area (Å²) in [7, 11) is 3.06. The van der Waals surface area contributed by atoms with Crippen LogP contribution in [0.2, 0.25) is 0 Å². The number of rotatable bonds is 6. The van der Waals surface area contributed by atoms with Gasteiger partial charge in [0.1, 0.15) is 24.4 Å². The first-order valence-electron chi connectivity index (χ1n) is 8.42. The second kappa shape index (κ2) is 8.86. The number of methoxy groups -OCH3 is 2. The molecule has 2 N–H and O–H groups in total. The van der Waals surface area contributed by atoms with Gasteiger partial charge in [0.2, 0.25) is 0 Å². The number of hydrogen-bond donors (Lipinski definition) is 2. The van der Waals surface area contributed by atoms with Gasteiger partial charge in [0.05, 0.1) is 18.3 Å². The van der Waals surface area contributed by atoms with Gasteiger partial charge in [0, 0.05) is 27.2 Å². The highest BCUT2D eigenvalue weighted by atomic mass is 16.7. The Bertz CT molecular complexity index is 381. The van der Waals surface area contributed by atoms with Crippen molar-refractivity contribution in [3.05, 3.63) is 0 Å². The van der Waals surface area contributed by atoms with Gasteiger partial charge in [-0.2, -0.15) is 0 Å². The molecular formula is C16H30O8. The molecule has 8 heteroatoms. The first-order valence-corrected chi connectivity index (χ1v) is 8.42. The van der Waals surface area contributed by atoms with Crippen LogP contribution < -0.4 is 0 Å². The Hall–Kier alpha value is -0.320. The van der Waals surface area contributed by atoms with Gasteiger partial charge in [0.15, 0.2) is 12.6 Å². The van der Waals surface area contributed by atoms with Crippen molar-refractivity contribution in [2.24, 2.45) is 0 Å². The quantitative estimate of drug-likeness (QED) is 0.693. The van der Waals surface area contributed by atoms with E-state index >= 15 is 0 Å². The normalized spacial score (nSPS) is 46.9. The van der Waals surface area contributed by atoms with Crippen LogP contribution in [0.25, 0.3) is 0 Å². The lowest BCUT2D eigenvalue weighted by Crippen LogP contribution is -2.60. The summed E-state index contributed by atoms with van der Waals surface area (Å²) in [5.41, 5.74) is 0. The summed E-state index contributed by atoms with van der Waals surface area (Å²) in [4.78, 5) is 0. The minimum atomic E-state index is -0.971. The molecule has 2 aliphatic rings. The second-order valence-corrected chi connectivity index (χ2v) is 6.23. The van der Waals surface area contributed by atoms with E-state index < -0.39 is 43.1 Å². The van der Waals surface area contributed by atoms with Gasteiger partial charge >= 0.3 is 0 Å². The van der Waals surface area contributed by atoms with E-state index in [0.717, 1.165) is 0 Å². The SMILES string of the molecule is CCOC1OC(C)C(OC2CC(OC)C(O)C(C)O2)C(OC)C1O. The molecule has 2 rings (SSSR count). The van der Waals surface area contributed by atoms with Gasteiger partial charge in [0.25, 0.3) is 0 Å². The molecule has 2 aliphatic heterocycles. The van der Waals surface area contributed by atoms with Gasteiger partial charge in [-0.05, 0) is 20.8 Å². The Morgan fingerprint density at radius 2 is 1.67 bits per heavy atom. The predicted molar refractivity (Wildman–Crippen MR) is 83.4 cm³/mol. The zero-order valence-electron chi connectivity index (χ0n) is 15.0. The first-order chi connectivity index (χ1) is 11.4. The molecule has 0 aromatic carbocycles. The summed E-state index contributed by atoms with van der Waals surface area (Å²) in [5.74, 6) is 0. The van der Waals surface area contributed by atoms with E-state index in [1.54, 1.807) is 14.0 Å². The summed E-state index contributed by atoms with van der Waals surface area (Å²) in [5, 5.41) is 20.4. The third-order valence-corrected chi connectivity index (χ3v) is 4.62. The van der Waals surface area contributed by atoms with Crippen molar-refractivity contribution < 1.29 is 38.6 Å². The van der Waals surface area contributed by atoms with Crippen molar-refractivity contribution in [3.8, 4) is 0 Å². The van der Waals surface area contributed by atoms with Gasteiger partial charge < -0.3 is 38.6 Å². The van der Waals surface area contributed by atoms with Crippen molar-refractivity contribution in [3.63, 3.8) is 0 Å². The van der Waals surface area contributed by atoms with Crippen molar-refractivity contribution in [2.45, 2.75) is 82.5 Å². The Morgan fingerprint density at radius 1 is 0.958 bits per heavy atom. The summed E-state index contributed by atoms with van der Waals surface area (Å²) in [6.07, 6.45) is -4.94. The molecule has 8 nitrogen and oxygen atoms in total. The average molecular weight is 350 g/mol. The number of aliphatic hydroxyl groups is 2. The van der Waals surface area contributed by atoms with E-state index in [1.807, 2.05) is 13.8 Å². The molecule has 0 amide bonds. The Balaban J connectivity index is 2.04. The molecule has 0 saturated carbocycles. The average Bonchev–Trinajstić information content (AvgIpc) is 2.55. The highest BCUT2D eigenvalue weighted by Gasteiger charge is 2.47. The summed E-state index contributed by atoms with van der Waals surface area (Å²) < 4.78 is 33.6. The van der Waals surface area contributed by atoms with E-state index in [2.05, 4.69) is 0 Å². The molecule has 142 valence electrons. The number of aliphatic hydroxyl groups excluding tert-OH is 2. The van der Waals surface area contributed by atoms with Crippen molar-refractivity contribution in [1.29, 1.82) is 0 Å². The fourth-order valence-corrected chi connectivity index (χ4v) is 3.25. The lowest BCUT2D eigenvalue weighted by Gasteiger charge is -2.45. The van der Waals surface area contributed by atoms with Crippen LogP contribution in [0.15, 0.2) is 0 Å². The maximum absolute atomic E-state index is 10.4. The minimum Gasteiger partial charge on any atom is -0.388 e. The molecule has 0 spiro atoms.